The third-order valence-corrected chi connectivity index (χ3v) is 12.1. The molecule has 1 aromatic heterocycles. The van der Waals surface area contributed by atoms with Crippen molar-refractivity contribution in [2.75, 3.05) is 12.9 Å². The number of aliphatic hydroxyl groups excluding tert-OH is 1. The molecule has 6 aromatic carbocycles. The van der Waals surface area contributed by atoms with E-state index in [0.717, 1.165) is 61.5 Å². The Morgan fingerprint density at radius 1 is 0.714 bits per heavy atom. The average molecular weight is 860 g/mol. The number of nitrogens with one attached hydrogen (secondary N) is 2. The molecule has 10 nitrogen and oxygen atoms in total. The van der Waals surface area contributed by atoms with E-state index in [1.807, 2.05) is 164 Å². The van der Waals surface area contributed by atoms with Gasteiger partial charge in [-0.2, -0.15) is 0 Å². The van der Waals surface area contributed by atoms with Gasteiger partial charge in [0.25, 0.3) is 5.22 Å². The molecule has 7 aromatic rings. The van der Waals surface area contributed by atoms with Crippen LogP contribution in [-0.2, 0) is 38.6 Å². The Labute approximate surface area is 371 Å². The summed E-state index contributed by atoms with van der Waals surface area (Å²) in [7, 11) is 1.31. The maximum absolute atomic E-state index is 12.9. The van der Waals surface area contributed by atoms with Crippen LogP contribution in [0.2, 0.25) is 0 Å². The van der Waals surface area contributed by atoms with E-state index >= 15 is 0 Å². The number of esters is 1. The first-order valence-electron chi connectivity index (χ1n) is 21.0. The van der Waals surface area contributed by atoms with E-state index < -0.39 is 24.3 Å². The molecule has 1 aliphatic rings. The van der Waals surface area contributed by atoms with Crippen molar-refractivity contribution in [3.63, 3.8) is 0 Å². The van der Waals surface area contributed by atoms with Crippen LogP contribution in [0.3, 0.4) is 0 Å². The SMILES string of the molecule is COC(=O)C(Cc1ccccc1)NC(=O)NCc1cccc(-c2ccc(C3OC(CSc4nc(-c5ccccc5)c(-c5ccccc5)o4)C(C)C(c4ccc(CO)cc4)O3)cc2)c1. The molecule has 0 aliphatic carbocycles. The normalized spacial score (nSPS) is 17.7. The third-order valence-electron chi connectivity index (χ3n) is 11.2. The number of urea groups is 1. The number of carbonyl (C=O) groups is 2. The van der Waals surface area contributed by atoms with Crippen LogP contribution >= 0.6 is 11.8 Å². The van der Waals surface area contributed by atoms with Crippen molar-refractivity contribution >= 4 is 23.8 Å². The Morgan fingerprint density at radius 3 is 2.03 bits per heavy atom. The number of amides is 2. The summed E-state index contributed by atoms with van der Waals surface area (Å²) < 4.78 is 25.0. The van der Waals surface area contributed by atoms with E-state index in [1.165, 1.54) is 18.9 Å². The number of aromatic nitrogens is 1. The molecular formula is C52H49N3O7S. The lowest BCUT2D eigenvalue weighted by Crippen LogP contribution is -2.47. The number of thioether (sulfide) groups is 1. The van der Waals surface area contributed by atoms with Gasteiger partial charge in [-0.05, 0) is 39.4 Å². The highest BCUT2D eigenvalue weighted by Crippen LogP contribution is 2.44. The number of aliphatic hydroxyl groups is 1. The second-order valence-electron chi connectivity index (χ2n) is 15.4. The minimum absolute atomic E-state index is 0.0289. The Morgan fingerprint density at radius 2 is 1.35 bits per heavy atom. The fourth-order valence-electron chi connectivity index (χ4n) is 7.67. The highest BCUT2D eigenvalue weighted by atomic mass is 32.2. The molecule has 5 atom stereocenters. The Bertz CT molecular complexity index is 2510. The molecule has 11 heteroatoms. The van der Waals surface area contributed by atoms with Gasteiger partial charge in [0, 0.05) is 41.3 Å². The monoisotopic (exact) mass is 859 g/mol. The lowest BCUT2D eigenvalue weighted by atomic mass is 9.91. The molecule has 1 fully saturated rings. The van der Waals surface area contributed by atoms with Gasteiger partial charge < -0.3 is 34.4 Å². The number of oxazole rings is 1. The minimum atomic E-state index is -0.826. The molecular weight excluding hydrogens is 811 g/mol. The maximum atomic E-state index is 12.9. The van der Waals surface area contributed by atoms with E-state index in [0.29, 0.717) is 17.4 Å². The molecule has 2 heterocycles. The van der Waals surface area contributed by atoms with Crippen LogP contribution < -0.4 is 10.6 Å². The highest BCUT2D eigenvalue weighted by Gasteiger charge is 2.39. The number of nitrogens with zero attached hydrogens (tertiary/aromatic N) is 1. The van der Waals surface area contributed by atoms with Gasteiger partial charge in [0.1, 0.15) is 11.7 Å². The topological polar surface area (TPSA) is 132 Å². The average Bonchev–Trinajstić information content (AvgIpc) is 3.78. The van der Waals surface area contributed by atoms with Crippen molar-refractivity contribution in [1.29, 1.82) is 0 Å². The molecule has 0 radical (unpaired) electrons. The number of benzene rings is 6. The summed E-state index contributed by atoms with van der Waals surface area (Å²) >= 11 is 1.53. The van der Waals surface area contributed by atoms with Crippen molar-refractivity contribution in [2.24, 2.45) is 5.92 Å². The smallest absolute Gasteiger partial charge is 0.328 e. The number of carbonyl (C=O) groups excluding carboxylic acids is 2. The summed E-state index contributed by atoms with van der Waals surface area (Å²) in [6.07, 6.45) is -0.855. The first kappa shape index (κ1) is 43.2. The number of ether oxygens (including phenoxy) is 3. The van der Waals surface area contributed by atoms with Crippen molar-refractivity contribution in [3.05, 3.63) is 192 Å². The molecule has 2 amide bonds. The summed E-state index contributed by atoms with van der Waals surface area (Å²) in [6, 6.07) is 52.3. The minimum Gasteiger partial charge on any atom is -0.467 e. The van der Waals surface area contributed by atoms with Gasteiger partial charge in [-0.15, -0.1) is 0 Å². The quantitative estimate of drug-likeness (QED) is 0.0681. The highest BCUT2D eigenvalue weighted by molar-refractivity contribution is 7.99. The van der Waals surface area contributed by atoms with E-state index in [-0.39, 0.29) is 31.3 Å². The lowest BCUT2D eigenvalue weighted by Gasteiger charge is -2.41. The van der Waals surface area contributed by atoms with Gasteiger partial charge >= 0.3 is 12.0 Å². The predicted molar refractivity (Wildman–Crippen MR) is 244 cm³/mol. The van der Waals surface area contributed by atoms with Crippen LogP contribution in [0.5, 0.6) is 0 Å². The molecule has 63 heavy (non-hydrogen) atoms. The summed E-state index contributed by atoms with van der Waals surface area (Å²) in [5.41, 5.74) is 9.20. The maximum Gasteiger partial charge on any atom is 0.328 e. The Balaban J connectivity index is 0.967. The van der Waals surface area contributed by atoms with Crippen LogP contribution in [-0.4, -0.2) is 47.1 Å². The van der Waals surface area contributed by atoms with Gasteiger partial charge in [0.05, 0.1) is 25.9 Å². The second-order valence-corrected chi connectivity index (χ2v) is 16.4. The van der Waals surface area contributed by atoms with Crippen molar-refractivity contribution in [2.45, 2.75) is 56.3 Å². The fourth-order valence-corrected chi connectivity index (χ4v) is 8.66. The summed E-state index contributed by atoms with van der Waals surface area (Å²) in [5.74, 6) is 0.753. The first-order valence-corrected chi connectivity index (χ1v) is 21.9. The van der Waals surface area contributed by atoms with Gasteiger partial charge in [-0.25, -0.2) is 14.6 Å². The van der Waals surface area contributed by atoms with E-state index in [1.54, 1.807) is 0 Å². The molecule has 8 rings (SSSR count). The van der Waals surface area contributed by atoms with E-state index in [2.05, 4.69) is 17.6 Å². The zero-order valence-corrected chi connectivity index (χ0v) is 35.9. The molecule has 3 N–H and O–H groups in total. The number of rotatable bonds is 15. The Kier molecular flexibility index (Phi) is 14.1. The zero-order chi connectivity index (χ0) is 43.5. The predicted octanol–water partition coefficient (Wildman–Crippen LogP) is 10.3. The standard InChI is InChI=1S/C52H49N3O7S/c1-34-45(33-63-52-55-46(39-16-8-4-9-17-39)48(62-52)40-18-10-5-11-19-40)60-50(61-47(34)41-23-21-36(32-56)22-24-41)42-27-25-38(26-28-42)43-20-12-15-37(29-43)31-53-51(58)54-44(49(57)59-2)30-35-13-6-3-7-14-35/h3-29,34,44-45,47,50,56H,30-33H2,1-2H3,(H2,53,54,58). The third kappa shape index (κ3) is 10.8. The van der Waals surface area contributed by atoms with Crippen LogP contribution in [0.4, 0.5) is 4.79 Å². The zero-order valence-electron chi connectivity index (χ0n) is 35.1. The molecule has 1 saturated heterocycles. The van der Waals surface area contributed by atoms with Crippen LogP contribution in [0, 0.1) is 5.92 Å². The molecule has 0 bridgehead atoms. The Hall–Kier alpha value is -6.50. The van der Waals surface area contributed by atoms with Crippen LogP contribution in [0.15, 0.2) is 173 Å². The lowest BCUT2D eigenvalue weighted by molar-refractivity contribution is -0.268. The van der Waals surface area contributed by atoms with E-state index in [9.17, 15) is 14.7 Å². The van der Waals surface area contributed by atoms with Crippen molar-refractivity contribution in [3.8, 4) is 33.7 Å². The molecule has 0 spiro atoms. The van der Waals surface area contributed by atoms with E-state index in [4.69, 9.17) is 23.6 Å². The number of hydrogen-bond donors (Lipinski definition) is 3. The summed E-state index contributed by atoms with van der Waals surface area (Å²) in [5, 5.41) is 15.9. The van der Waals surface area contributed by atoms with Gasteiger partial charge in [-0.1, -0.05) is 176 Å². The van der Waals surface area contributed by atoms with Gasteiger partial charge in [0.2, 0.25) is 0 Å². The first-order chi connectivity index (χ1) is 30.8. The second kappa shape index (κ2) is 20.6. The van der Waals surface area contributed by atoms with Crippen LogP contribution in [0.25, 0.3) is 33.7 Å². The number of hydrogen-bond acceptors (Lipinski definition) is 9. The van der Waals surface area contributed by atoms with Crippen molar-refractivity contribution in [1.82, 2.24) is 15.6 Å². The summed E-state index contributed by atoms with van der Waals surface area (Å²) in [6.45, 7) is 2.36. The summed E-state index contributed by atoms with van der Waals surface area (Å²) in [4.78, 5) is 30.4. The molecule has 320 valence electrons. The largest absolute Gasteiger partial charge is 0.467 e. The number of methoxy groups -OCH3 is 1. The van der Waals surface area contributed by atoms with Gasteiger partial charge in [0.15, 0.2) is 12.1 Å². The van der Waals surface area contributed by atoms with Crippen LogP contribution in [0.1, 0.15) is 47.1 Å². The molecule has 1 aliphatic heterocycles. The molecule has 5 unspecified atom stereocenters. The van der Waals surface area contributed by atoms with Gasteiger partial charge in [-0.3, -0.25) is 0 Å². The molecule has 0 saturated carbocycles. The van der Waals surface area contributed by atoms with Crippen molar-refractivity contribution < 1.29 is 33.3 Å². The fraction of sp³-hybridized carbons (Fsp3) is 0.212.